The standard InChI is InChI=1S/C18H29N5O3S/c1-3-5-14-21-15-13(12(2)20-17(19)16(15)22-14)6-10-26-9-4-8-23-18(24,25)7-11-27-23/h24-25H,3-11H2,1-2H3,(H2,19,20)(H,21,22). The number of anilines is 1. The summed E-state index contributed by atoms with van der Waals surface area (Å²) in [7, 11) is 0. The Morgan fingerprint density at radius 3 is 2.81 bits per heavy atom. The number of aromatic nitrogens is 3. The van der Waals surface area contributed by atoms with E-state index in [1.165, 1.54) is 11.9 Å². The van der Waals surface area contributed by atoms with E-state index < -0.39 is 5.91 Å². The fourth-order valence-corrected chi connectivity index (χ4v) is 4.45. The summed E-state index contributed by atoms with van der Waals surface area (Å²) in [6, 6.07) is 0. The summed E-state index contributed by atoms with van der Waals surface area (Å²) < 4.78 is 7.38. The second kappa shape index (κ2) is 8.74. The van der Waals surface area contributed by atoms with Gasteiger partial charge >= 0.3 is 0 Å². The van der Waals surface area contributed by atoms with Gasteiger partial charge in [0.05, 0.1) is 12.1 Å². The van der Waals surface area contributed by atoms with Gasteiger partial charge in [-0.1, -0.05) is 18.9 Å². The third-order valence-electron chi connectivity index (χ3n) is 4.74. The molecular formula is C18H29N5O3S. The van der Waals surface area contributed by atoms with Crippen LogP contribution in [0.5, 0.6) is 0 Å². The van der Waals surface area contributed by atoms with Gasteiger partial charge in [0.15, 0.2) is 0 Å². The van der Waals surface area contributed by atoms with Crippen molar-refractivity contribution in [2.24, 2.45) is 0 Å². The van der Waals surface area contributed by atoms with Gasteiger partial charge in [0, 0.05) is 43.0 Å². The van der Waals surface area contributed by atoms with Crippen molar-refractivity contribution in [3.63, 3.8) is 0 Å². The van der Waals surface area contributed by atoms with E-state index in [1.54, 1.807) is 4.31 Å². The summed E-state index contributed by atoms with van der Waals surface area (Å²) in [5.41, 5.74) is 9.71. The maximum absolute atomic E-state index is 9.79. The molecule has 0 amide bonds. The zero-order chi connectivity index (χ0) is 19.4. The van der Waals surface area contributed by atoms with Crippen molar-refractivity contribution in [2.75, 3.05) is 31.2 Å². The fraction of sp³-hybridized carbons (Fsp3) is 0.667. The number of ether oxygens (including phenoxy) is 1. The lowest BCUT2D eigenvalue weighted by Gasteiger charge is -2.26. The summed E-state index contributed by atoms with van der Waals surface area (Å²) in [5.74, 6) is 0.478. The maximum Gasteiger partial charge on any atom is 0.235 e. The average molecular weight is 396 g/mol. The van der Waals surface area contributed by atoms with Crippen LogP contribution >= 0.6 is 11.9 Å². The van der Waals surface area contributed by atoms with E-state index >= 15 is 0 Å². The topological polar surface area (TPSA) is 121 Å². The van der Waals surface area contributed by atoms with Crippen LogP contribution in [0.2, 0.25) is 0 Å². The van der Waals surface area contributed by atoms with E-state index in [1.807, 2.05) is 6.92 Å². The van der Waals surface area contributed by atoms with Crippen molar-refractivity contribution in [1.82, 2.24) is 19.3 Å². The molecule has 5 N–H and O–H groups in total. The number of H-pyrrole nitrogens is 1. The molecule has 3 heterocycles. The van der Waals surface area contributed by atoms with Crippen LogP contribution < -0.4 is 5.73 Å². The Hall–Kier alpha value is -1.39. The third-order valence-corrected chi connectivity index (χ3v) is 5.91. The zero-order valence-corrected chi connectivity index (χ0v) is 16.8. The maximum atomic E-state index is 9.79. The summed E-state index contributed by atoms with van der Waals surface area (Å²) >= 11 is 1.47. The molecular weight excluding hydrogens is 366 g/mol. The highest BCUT2D eigenvalue weighted by atomic mass is 32.2. The number of aryl methyl sites for hydroxylation is 2. The van der Waals surface area contributed by atoms with Crippen LogP contribution in [-0.2, 0) is 17.6 Å². The van der Waals surface area contributed by atoms with Crippen LogP contribution in [0.1, 0.15) is 43.3 Å². The van der Waals surface area contributed by atoms with Crippen LogP contribution in [0.25, 0.3) is 11.0 Å². The number of nitrogen functional groups attached to an aromatic ring is 1. The highest BCUT2D eigenvalue weighted by molar-refractivity contribution is 7.97. The Kier molecular flexibility index (Phi) is 6.59. The van der Waals surface area contributed by atoms with Crippen LogP contribution in [0.3, 0.4) is 0 Å². The molecule has 27 heavy (non-hydrogen) atoms. The average Bonchev–Trinajstić information content (AvgIpc) is 3.17. The van der Waals surface area contributed by atoms with Crippen LogP contribution in [0, 0.1) is 6.92 Å². The summed E-state index contributed by atoms with van der Waals surface area (Å²) in [4.78, 5) is 12.4. The Balaban J connectivity index is 1.52. The van der Waals surface area contributed by atoms with Gasteiger partial charge < -0.3 is 25.7 Å². The van der Waals surface area contributed by atoms with Gasteiger partial charge in [-0.15, -0.1) is 0 Å². The van der Waals surface area contributed by atoms with Gasteiger partial charge in [-0.05, 0) is 26.2 Å². The molecule has 0 spiro atoms. The normalized spacial score (nSPS) is 17.2. The minimum Gasteiger partial charge on any atom is -0.382 e. The van der Waals surface area contributed by atoms with Crippen molar-refractivity contribution in [3.8, 4) is 0 Å². The monoisotopic (exact) mass is 395 g/mol. The lowest BCUT2D eigenvalue weighted by molar-refractivity contribution is -0.223. The molecule has 1 aliphatic rings. The number of hydrogen-bond acceptors (Lipinski definition) is 8. The number of nitrogens with zero attached hydrogens (tertiary/aromatic N) is 3. The van der Waals surface area contributed by atoms with Gasteiger partial charge in [0.1, 0.15) is 17.2 Å². The Bertz CT molecular complexity index is 780. The molecule has 9 heteroatoms. The molecule has 0 aromatic carbocycles. The van der Waals surface area contributed by atoms with Gasteiger partial charge in [0.2, 0.25) is 5.91 Å². The van der Waals surface area contributed by atoms with Crippen LogP contribution in [-0.4, -0.2) is 60.9 Å². The zero-order valence-electron chi connectivity index (χ0n) is 16.0. The second-order valence-electron chi connectivity index (χ2n) is 6.89. The van der Waals surface area contributed by atoms with Crippen molar-refractivity contribution >= 4 is 28.8 Å². The first-order chi connectivity index (χ1) is 12.9. The SMILES string of the molecule is CCCc1nc2c(CCOCCCN3SCCC3(O)O)c(C)nc(N)c2[nH]1. The van der Waals surface area contributed by atoms with E-state index in [9.17, 15) is 10.2 Å². The lowest BCUT2D eigenvalue weighted by Crippen LogP contribution is -2.41. The highest BCUT2D eigenvalue weighted by Gasteiger charge is 2.37. The van der Waals surface area contributed by atoms with E-state index in [-0.39, 0.29) is 0 Å². The van der Waals surface area contributed by atoms with Crippen molar-refractivity contribution in [1.29, 1.82) is 0 Å². The number of fused-ring (bicyclic) bond motifs is 1. The highest BCUT2D eigenvalue weighted by Crippen LogP contribution is 2.32. The fourth-order valence-electron chi connectivity index (χ4n) is 3.31. The molecule has 2 aromatic rings. The molecule has 1 saturated heterocycles. The van der Waals surface area contributed by atoms with E-state index in [0.29, 0.717) is 38.4 Å². The predicted molar refractivity (Wildman–Crippen MR) is 107 cm³/mol. The molecule has 0 saturated carbocycles. The molecule has 1 fully saturated rings. The molecule has 150 valence electrons. The Morgan fingerprint density at radius 1 is 1.30 bits per heavy atom. The lowest BCUT2D eigenvalue weighted by atomic mass is 10.1. The third kappa shape index (κ3) is 4.72. The summed E-state index contributed by atoms with van der Waals surface area (Å²) in [6.07, 6.45) is 3.74. The summed E-state index contributed by atoms with van der Waals surface area (Å²) in [5, 5.41) is 19.6. The second-order valence-corrected chi connectivity index (χ2v) is 8.00. The minimum absolute atomic E-state index is 0.377. The van der Waals surface area contributed by atoms with Gasteiger partial charge in [0.25, 0.3) is 0 Å². The first-order valence-corrected chi connectivity index (χ1v) is 10.4. The number of pyridine rings is 1. The largest absolute Gasteiger partial charge is 0.382 e. The first kappa shape index (κ1) is 20.3. The smallest absolute Gasteiger partial charge is 0.235 e. The van der Waals surface area contributed by atoms with Gasteiger partial charge in [-0.3, -0.25) is 0 Å². The predicted octanol–water partition coefficient (Wildman–Crippen LogP) is 1.74. The molecule has 0 aliphatic carbocycles. The molecule has 0 radical (unpaired) electrons. The number of nitrogens with two attached hydrogens (primary N) is 1. The van der Waals surface area contributed by atoms with Crippen LogP contribution in [0.15, 0.2) is 0 Å². The number of hydrogen-bond donors (Lipinski definition) is 4. The van der Waals surface area contributed by atoms with Gasteiger partial charge in [-0.2, -0.15) is 4.31 Å². The molecule has 0 bridgehead atoms. The molecule has 8 nitrogen and oxygen atoms in total. The van der Waals surface area contributed by atoms with Crippen molar-refractivity contribution < 1.29 is 14.9 Å². The number of aliphatic hydroxyl groups is 2. The Morgan fingerprint density at radius 2 is 2.11 bits per heavy atom. The van der Waals surface area contributed by atoms with E-state index in [4.69, 9.17) is 15.5 Å². The molecule has 2 aromatic heterocycles. The molecule has 1 aliphatic heterocycles. The minimum atomic E-state index is -1.68. The van der Waals surface area contributed by atoms with Crippen LogP contribution in [0.4, 0.5) is 5.82 Å². The number of aromatic amines is 1. The Labute approximate surface area is 163 Å². The number of rotatable bonds is 9. The molecule has 0 atom stereocenters. The summed E-state index contributed by atoms with van der Waals surface area (Å²) in [6.45, 7) is 5.79. The van der Waals surface area contributed by atoms with E-state index in [0.717, 1.165) is 53.1 Å². The van der Waals surface area contributed by atoms with Gasteiger partial charge in [-0.25, -0.2) is 9.97 Å². The first-order valence-electron chi connectivity index (χ1n) is 9.49. The number of nitrogens with one attached hydrogen (secondary N) is 1. The van der Waals surface area contributed by atoms with E-state index in [2.05, 4.69) is 16.9 Å². The molecule has 3 rings (SSSR count). The van der Waals surface area contributed by atoms with Crippen molar-refractivity contribution in [3.05, 3.63) is 17.1 Å². The molecule has 0 unspecified atom stereocenters. The quantitative estimate of drug-likeness (QED) is 0.288. The number of imidazole rings is 1. The van der Waals surface area contributed by atoms with Crippen molar-refractivity contribution in [2.45, 2.75) is 51.9 Å².